The van der Waals surface area contributed by atoms with Crippen LogP contribution in [-0.4, -0.2) is 54.4 Å². The molecule has 1 aliphatic rings. The lowest BCUT2D eigenvalue weighted by Gasteiger charge is -2.17. The summed E-state index contributed by atoms with van der Waals surface area (Å²) in [6, 6.07) is 13.4. The van der Waals surface area contributed by atoms with Gasteiger partial charge in [0.25, 0.3) is 0 Å². The molecule has 0 radical (unpaired) electrons. The third kappa shape index (κ3) is 5.27. The maximum absolute atomic E-state index is 12.6. The van der Waals surface area contributed by atoms with E-state index in [9.17, 15) is 4.79 Å². The molecule has 0 N–H and O–H groups in total. The zero-order chi connectivity index (χ0) is 23.2. The topological polar surface area (TPSA) is 86.9 Å². The zero-order valence-electron chi connectivity index (χ0n) is 19.2. The first-order valence-corrected chi connectivity index (χ1v) is 11.3. The van der Waals surface area contributed by atoms with Crippen molar-refractivity contribution in [3.63, 3.8) is 0 Å². The third-order valence-corrected chi connectivity index (χ3v) is 5.61. The molecular formula is C25H29N3O5. The molecule has 8 nitrogen and oxygen atoms in total. The van der Waals surface area contributed by atoms with Crippen molar-refractivity contribution >= 4 is 5.91 Å². The molecule has 2 aromatic carbocycles. The number of nitrogens with zero attached hydrogens (tertiary/aromatic N) is 3. The SMILES string of the molecule is CCOc1ccc(CCN2CC(c3nc(-c4cccc(OC)c4)no3)CC2=O)cc1OCC. The first-order valence-electron chi connectivity index (χ1n) is 11.3. The summed E-state index contributed by atoms with van der Waals surface area (Å²) in [5.41, 5.74) is 1.90. The van der Waals surface area contributed by atoms with Crippen molar-refractivity contribution in [1.82, 2.24) is 15.0 Å². The van der Waals surface area contributed by atoms with E-state index in [4.69, 9.17) is 18.7 Å². The van der Waals surface area contributed by atoms with Crippen LogP contribution in [0.3, 0.4) is 0 Å². The Morgan fingerprint density at radius 3 is 2.70 bits per heavy atom. The molecular weight excluding hydrogens is 422 g/mol. The molecule has 1 saturated heterocycles. The van der Waals surface area contributed by atoms with Gasteiger partial charge in [-0.3, -0.25) is 4.79 Å². The highest BCUT2D eigenvalue weighted by molar-refractivity contribution is 5.79. The van der Waals surface area contributed by atoms with Crippen LogP contribution in [0, 0.1) is 0 Å². The molecule has 1 aromatic heterocycles. The smallest absolute Gasteiger partial charge is 0.232 e. The van der Waals surface area contributed by atoms with Crippen molar-refractivity contribution in [2.45, 2.75) is 32.6 Å². The highest BCUT2D eigenvalue weighted by Gasteiger charge is 2.34. The van der Waals surface area contributed by atoms with Crippen LogP contribution in [0.25, 0.3) is 11.4 Å². The second-order valence-corrected chi connectivity index (χ2v) is 7.83. The first-order chi connectivity index (χ1) is 16.1. The number of likely N-dealkylation sites (tertiary alicyclic amines) is 1. The fraction of sp³-hybridized carbons (Fsp3) is 0.400. The number of carbonyl (C=O) groups excluding carboxylic acids is 1. The van der Waals surface area contributed by atoms with E-state index in [1.54, 1.807) is 7.11 Å². The Hall–Kier alpha value is -3.55. The molecule has 0 bridgehead atoms. The van der Waals surface area contributed by atoms with Crippen molar-refractivity contribution in [3.05, 3.63) is 53.9 Å². The largest absolute Gasteiger partial charge is 0.497 e. The Bertz CT molecular complexity index is 1100. The molecule has 3 aromatic rings. The van der Waals surface area contributed by atoms with Crippen molar-refractivity contribution in [3.8, 4) is 28.6 Å². The fourth-order valence-electron chi connectivity index (χ4n) is 3.95. The average Bonchev–Trinajstić information content (AvgIpc) is 3.46. The number of benzene rings is 2. The van der Waals surface area contributed by atoms with Crippen LogP contribution in [0.15, 0.2) is 47.0 Å². The second kappa shape index (κ2) is 10.4. The molecule has 1 amide bonds. The van der Waals surface area contributed by atoms with Gasteiger partial charge in [0.05, 0.1) is 26.2 Å². The number of rotatable bonds is 10. The zero-order valence-corrected chi connectivity index (χ0v) is 19.2. The minimum absolute atomic E-state index is 0.0945. The Labute approximate surface area is 193 Å². The Morgan fingerprint density at radius 1 is 1.09 bits per heavy atom. The lowest BCUT2D eigenvalue weighted by molar-refractivity contribution is -0.127. The number of amides is 1. The van der Waals surface area contributed by atoms with Gasteiger partial charge in [-0.15, -0.1) is 0 Å². The van der Waals surface area contributed by atoms with Crippen LogP contribution in [0.2, 0.25) is 0 Å². The molecule has 2 heterocycles. The number of methoxy groups -OCH3 is 1. The summed E-state index contributed by atoms with van der Waals surface area (Å²) in [4.78, 5) is 19.0. The van der Waals surface area contributed by atoms with Gasteiger partial charge in [0.15, 0.2) is 11.5 Å². The van der Waals surface area contributed by atoms with E-state index in [2.05, 4.69) is 10.1 Å². The molecule has 33 heavy (non-hydrogen) atoms. The summed E-state index contributed by atoms with van der Waals surface area (Å²) in [6.45, 7) is 6.22. The highest BCUT2D eigenvalue weighted by Crippen LogP contribution is 2.31. The number of carbonyl (C=O) groups is 1. The molecule has 1 aliphatic heterocycles. The lowest BCUT2D eigenvalue weighted by Crippen LogP contribution is -2.27. The monoisotopic (exact) mass is 451 g/mol. The van der Waals surface area contributed by atoms with Gasteiger partial charge in [-0.05, 0) is 50.1 Å². The van der Waals surface area contributed by atoms with E-state index in [0.717, 1.165) is 34.8 Å². The van der Waals surface area contributed by atoms with Gasteiger partial charge in [0.1, 0.15) is 5.75 Å². The molecule has 1 unspecified atom stereocenters. The molecule has 1 fully saturated rings. The van der Waals surface area contributed by atoms with Crippen LogP contribution < -0.4 is 14.2 Å². The van der Waals surface area contributed by atoms with Crippen LogP contribution in [0.4, 0.5) is 0 Å². The van der Waals surface area contributed by atoms with Crippen molar-refractivity contribution in [1.29, 1.82) is 0 Å². The predicted octanol–water partition coefficient (Wildman–Crippen LogP) is 4.10. The van der Waals surface area contributed by atoms with Gasteiger partial charge in [0, 0.05) is 25.1 Å². The number of hydrogen-bond donors (Lipinski definition) is 0. The van der Waals surface area contributed by atoms with Gasteiger partial charge in [-0.1, -0.05) is 23.4 Å². The minimum atomic E-state index is -0.108. The molecule has 0 saturated carbocycles. The van der Waals surface area contributed by atoms with Crippen molar-refractivity contribution in [2.24, 2.45) is 0 Å². The predicted molar refractivity (Wildman–Crippen MR) is 123 cm³/mol. The maximum atomic E-state index is 12.6. The maximum Gasteiger partial charge on any atom is 0.232 e. The van der Waals surface area contributed by atoms with E-state index in [0.29, 0.717) is 44.4 Å². The Balaban J connectivity index is 1.39. The summed E-state index contributed by atoms with van der Waals surface area (Å²) in [7, 11) is 1.62. The number of ether oxygens (including phenoxy) is 3. The molecule has 8 heteroatoms. The number of aromatic nitrogens is 2. The Morgan fingerprint density at radius 2 is 1.91 bits per heavy atom. The van der Waals surface area contributed by atoms with Crippen molar-refractivity contribution < 1.29 is 23.5 Å². The van der Waals surface area contributed by atoms with Gasteiger partial charge in [0.2, 0.25) is 17.6 Å². The summed E-state index contributed by atoms with van der Waals surface area (Å²) < 4.78 is 22.1. The van der Waals surface area contributed by atoms with Crippen LogP contribution >= 0.6 is 0 Å². The molecule has 4 rings (SSSR count). The average molecular weight is 452 g/mol. The van der Waals surface area contributed by atoms with Crippen molar-refractivity contribution in [2.75, 3.05) is 33.4 Å². The lowest BCUT2D eigenvalue weighted by atomic mass is 10.1. The fourth-order valence-corrected chi connectivity index (χ4v) is 3.95. The van der Waals surface area contributed by atoms with E-state index >= 15 is 0 Å². The van der Waals surface area contributed by atoms with E-state index < -0.39 is 0 Å². The third-order valence-electron chi connectivity index (χ3n) is 5.61. The second-order valence-electron chi connectivity index (χ2n) is 7.83. The number of hydrogen-bond acceptors (Lipinski definition) is 7. The highest BCUT2D eigenvalue weighted by atomic mass is 16.5. The molecule has 174 valence electrons. The van der Waals surface area contributed by atoms with E-state index in [1.165, 1.54) is 0 Å². The van der Waals surface area contributed by atoms with Gasteiger partial charge >= 0.3 is 0 Å². The molecule has 0 spiro atoms. The summed E-state index contributed by atoms with van der Waals surface area (Å²) in [6.07, 6.45) is 1.09. The van der Waals surface area contributed by atoms with Crippen LogP contribution in [-0.2, 0) is 11.2 Å². The first kappa shape index (κ1) is 22.6. The molecule has 1 atom stereocenters. The van der Waals surface area contributed by atoms with E-state index in [-0.39, 0.29) is 11.8 Å². The standard InChI is InChI=1S/C25H29N3O5/c1-4-31-21-10-9-17(13-22(21)32-5-2)11-12-28-16-19(15-23(28)29)25-26-24(27-33-25)18-7-6-8-20(14-18)30-3/h6-10,13-14,19H,4-5,11-12,15-16H2,1-3H3. The summed E-state index contributed by atoms with van der Waals surface area (Å²) >= 11 is 0. The van der Waals surface area contributed by atoms with Gasteiger partial charge < -0.3 is 23.6 Å². The van der Waals surface area contributed by atoms with Gasteiger partial charge in [-0.2, -0.15) is 4.98 Å². The van der Waals surface area contributed by atoms with Crippen LogP contribution in [0.1, 0.15) is 37.6 Å². The Kier molecular flexibility index (Phi) is 7.12. The van der Waals surface area contributed by atoms with Crippen LogP contribution in [0.5, 0.6) is 17.2 Å². The minimum Gasteiger partial charge on any atom is -0.497 e. The quantitative estimate of drug-likeness (QED) is 0.459. The van der Waals surface area contributed by atoms with Gasteiger partial charge in [-0.25, -0.2) is 0 Å². The molecule has 0 aliphatic carbocycles. The summed E-state index contributed by atoms with van der Waals surface area (Å²) in [5.74, 6) is 3.17. The normalized spacial score (nSPS) is 15.7. The van der Waals surface area contributed by atoms with E-state index in [1.807, 2.05) is 61.2 Å². The summed E-state index contributed by atoms with van der Waals surface area (Å²) in [5, 5.41) is 4.10.